The third kappa shape index (κ3) is 12.9. The fourth-order valence-electron chi connectivity index (χ4n) is 2.23. The van der Waals surface area contributed by atoms with E-state index in [0.29, 0.717) is 0 Å². The Morgan fingerprint density at radius 1 is 0.684 bits per heavy atom. The Labute approximate surface area is 144 Å². The van der Waals surface area contributed by atoms with Crippen molar-refractivity contribution < 1.29 is 0 Å². The molecule has 0 nitrogen and oxygen atoms in total. The Hall–Kier alpha value is 1.48. The van der Waals surface area contributed by atoms with E-state index in [-0.39, 0.29) is 0 Å². The average Bonchev–Trinajstić information content (AvgIpc) is 2.44. The summed E-state index contributed by atoms with van der Waals surface area (Å²) in [6, 6.07) is 0. The van der Waals surface area contributed by atoms with Crippen molar-refractivity contribution in [2.24, 2.45) is 0 Å². The quantitative estimate of drug-likeness (QED) is 0.148. The van der Waals surface area contributed by atoms with E-state index in [1.165, 1.54) is 74.9 Å². The average molecular weight is 463 g/mol. The van der Waals surface area contributed by atoms with Crippen LogP contribution in [0.5, 0.6) is 0 Å². The second kappa shape index (κ2) is 15.9. The molecule has 2 atom stereocenters. The second-order valence-electron chi connectivity index (χ2n) is 5.39. The van der Waals surface area contributed by atoms with Crippen LogP contribution >= 0.6 is 31.9 Å². The van der Waals surface area contributed by atoms with Crippen molar-refractivity contribution in [3.8, 4) is 0 Å². The first-order valence-electron chi connectivity index (χ1n) is 8.05. The molecule has 0 bridgehead atoms. The summed E-state index contributed by atoms with van der Waals surface area (Å²) in [4.78, 5) is 1.91. The number of alkyl halides is 2. The van der Waals surface area contributed by atoms with Crippen molar-refractivity contribution in [3.05, 3.63) is 0 Å². The van der Waals surface area contributed by atoms with Gasteiger partial charge in [0.1, 0.15) is 0 Å². The van der Waals surface area contributed by atoms with Crippen LogP contribution in [-0.4, -0.2) is 25.6 Å². The normalized spacial score (nSPS) is 14.5. The summed E-state index contributed by atoms with van der Waals surface area (Å²) < 4.78 is 0. The van der Waals surface area contributed by atoms with Crippen LogP contribution in [0.4, 0.5) is 0 Å². The Morgan fingerprint density at radius 2 is 1.11 bits per heavy atom. The third-order valence-electron chi connectivity index (χ3n) is 3.49. The fourth-order valence-corrected chi connectivity index (χ4v) is 7.18. The van der Waals surface area contributed by atoms with E-state index in [2.05, 4.69) is 45.7 Å². The van der Waals surface area contributed by atoms with Gasteiger partial charge in [0, 0.05) is 0 Å². The van der Waals surface area contributed by atoms with Gasteiger partial charge >= 0.3 is 145 Å². The topological polar surface area (TPSA) is 0 Å². The summed E-state index contributed by atoms with van der Waals surface area (Å²) in [5.74, 6) is 0. The first kappa shape index (κ1) is 20.5. The summed E-state index contributed by atoms with van der Waals surface area (Å²) in [7, 11) is 0. The summed E-state index contributed by atoms with van der Waals surface area (Å²) in [5, 5.41) is 2.44. The molecule has 0 aromatic rings. The molecule has 0 saturated heterocycles. The maximum absolute atomic E-state index is 3.74. The van der Waals surface area contributed by atoms with Crippen molar-refractivity contribution in [2.45, 2.75) is 87.7 Å². The van der Waals surface area contributed by atoms with Crippen LogP contribution in [0.2, 0.25) is 9.63 Å². The number of hydrogen-bond acceptors (Lipinski definition) is 0. The minimum absolute atomic E-state index is 0.811. The number of halogens is 2. The summed E-state index contributed by atoms with van der Waals surface area (Å²) >= 11 is 8.28. The van der Waals surface area contributed by atoms with Crippen molar-refractivity contribution >= 4 is 46.8 Å². The van der Waals surface area contributed by atoms with Crippen LogP contribution < -0.4 is 0 Å². The predicted molar refractivity (Wildman–Crippen MR) is 98.4 cm³/mol. The maximum atomic E-state index is 3.74. The molecule has 0 radical (unpaired) electrons. The van der Waals surface area contributed by atoms with Crippen molar-refractivity contribution in [1.29, 1.82) is 0 Å². The van der Waals surface area contributed by atoms with Gasteiger partial charge in [-0.15, -0.1) is 0 Å². The van der Waals surface area contributed by atoms with E-state index in [4.69, 9.17) is 0 Å². The molecule has 0 aliphatic heterocycles. The van der Waals surface area contributed by atoms with E-state index >= 15 is 0 Å². The first-order chi connectivity index (χ1) is 9.28. The molecule has 0 aromatic heterocycles. The zero-order chi connectivity index (χ0) is 14.3. The van der Waals surface area contributed by atoms with Crippen molar-refractivity contribution in [2.75, 3.05) is 10.7 Å². The van der Waals surface area contributed by atoms with E-state index < -0.39 is 0 Å². The number of hydrogen-bond donors (Lipinski definition) is 0. The standard InChI is InChI=1S/C16H32Br2Se/c1-3-5-7-9-11-15(13-17)19-16(14-18)12-10-8-6-4-2/h15-16H,3-14H2,1-2H3. The van der Waals surface area contributed by atoms with Crippen LogP contribution in [0.3, 0.4) is 0 Å². The SMILES string of the molecule is CCCCCCC(CBr)[Se]C(CBr)CCCCCC. The Bertz CT molecular complexity index is 158. The minimum atomic E-state index is 0.811. The summed E-state index contributed by atoms with van der Waals surface area (Å²) in [6.45, 7) is 4.59. The van der Waals surface area contributed by atoms with Crippen LogP contribution in [-0.2, 0) is 0 Å². The van der Waals surface area contributed by atoms with Crippen LogP contribution in [0.1, 0.15) is 78.1 Å². The second-order valence-corrected chi connectivity index (χ2v) is 10.1. The molecule has 0 fully saturated rings. The molecule has 19 heavy (non-hydrogen) atoms. The monoisotopic (exact) mass is 462 g/mol. The molecule has 0 aliphatic rings. The van der Waals surface area contributed by atoms with E-state index in [0.717, 1.165) is 24.6 Å². The molecule has 0 heterocycles. The van der Waals surface area contributed by atoms with Crippen LogP contribution in [0.15, 0.2) is 0 Å². The molecule has 0 saturated carbocycles. The first-order valence-corrected chi connectivity index (χ1v) is 12.3. The Morgan fingerprint density at radius 3 is 1.42 bits per heavy atom. The van der Waals surface area contributed by atoms with Gasteiger partial charge in [0.25, 0.3) is 0 Å². The van der Waals surface area contributed by atoms with E-state index in [9.17, 15) is 0 Å². The Balaban J connectivity index is 3.76. The summed E-state index contributed by atoms with van der Waals surface area (Å²) in [6.07, 6.45) is 14.2. The molecule has 0 aromatic carbocycles. The van der Waals surface area contributed by atoms with Gasteiger partial charge < -0.3 is 0 Å². The van der Waals surface area contributed by atoms with Crippen LogP contribution in [0.25, 0.3) is 0 Å². The van der Waals surface area contributed by atoms with Gasteiger partial charge in [0.15, 0.2) is 0 Å². The molecule has 0 amide bonds. The van der Waals surface area contributed by atoms with Gasteiger partial charge in [-0.3, -0.25) is 0 Å². The van der Waals surface area contributed by atoms with Crippen molar-refractivity contribution in [3.63, 3.8) is 0 Å². The number of rotatable bonds is 14. The van der Waals surface area contributed by atoms with Crippen molar-refractivity contribution in [1.82, 2.24) is 0 Å². The van der Waals surface area contributed by atoms with Crippen LogP contribution in [0, 0.1) is 0 Å². The molecule has 2 unspecified atom stereocenters. The van der Waals surface area contributed by atoms with E-state index in [1.54, 1.807) is 0 Å². The van der Waals surface area contributed by atoms with Gasteiger partial charge in [0.05, 0.1) is 0 Å². The third-order valence-corrected chi connectivity index (χ3v) is 10.3. The molecule has 0 spiro atoms. The molecule has 0 aliphatic carbocycles. The zero-order valence-electron chi connectivity index (χ0n) is 12.8. The predicted octanol–water partition coefficient (Wildman–Crippen LogP) is 7.00. The fraction of sp³-hybridized carbons (Fsp3) is 1.00. The molecular formula is C16H32Br2Se. The van der Waals surface area contributed by atoms with E-state index in [1.807, 2.05) is 0 Å². The molecular weight excluding hydrogens is 431 g/mol. The van der Waals surface area contributed by atoms with Gasteiger partial charge in [-0.2, -0.15) is 0 Å². The van der Waals surface area contributed by atoms with Gasteiger partial charge in [-0.05, 0) is 0 Å². The molecule has 3 heteroatoms. The molecule has 0 rings (SSSR count). The Kier molecular flexibility index (Phi) is 17.1. The van der Waals surface area contributed by atoms with Gasteiger partial charge in [-0.25, -0.2) is 0 Å². The van der Waals surface area contributed by atoms with Gasteiger partial charge in [0.2, 0.25) is 0 Å². The molecule has 116 valence electrons. The zero-order valence-corrected chi connectivity index (χ0v) is 17.7. The van der Waals surface area contributed by atoms with Gasteiger partial charge in [-0.1, -0.05) is 0 Å². The molecule has 0 N–H and O–H groups in total. The summed E-state index contributed by atoms with van der Waals surface area (Å²) in [5.41, 5.74) is 0. The number of unbranched alkanes of at least 4 members (excludes halogenated alkanes) is 6.